The van der Waals surface area contributed by atoms with Crippen LogP contribution in [0.15, 0.2) is 30.3 Å². The van der Waals surface area contributed by atoms with Crippen molar-refractivity contribution >= 4 is 0 Å². The van der Waals surface area contributed by atoms with Crippen LogP contribution in [-0.4, -0.2) is 42.8 Å². The van der Waals surface area contributed by atoms with Gasteiger partial charge in [-0.05, 0) is 45.5 Å². The van der Waals surface area contributed by atoms with Crippen LogP contribution < -0.4 is 5.32 Å². The van der Waals surface area contributed by atoms with Gasteiger partial charge in [-0.3, -0.25) is 0 Å². The summed E-state index contributed by atoms with van der Waals surface area (Å²) < 4.78 is 0. The van der Waals surface area contributed by atoms with Gasteiger partial charge in [0.1, 0.15) is 0 Å². The monoisotopic (exact) mass is 276 g/mol. The SMILES string of the molecule is CNC(CCN(C)CC1(O)CCCC1)c1ccccc1. The fraction of sp³-hybridized carbons (Fsp3) is 0.647. The molecule has 112 valence electrons. The third-order valence-electron chi connectivity index (χ3n) is 4.45. The lowest BCUT2D eigenvalue weighted by atomic mass is 10.0. The van der Waals surface area contributed by atoms with Crippen molar-refractivity contribution in [3.8, 4) is 0 Å². The lowest BCUT2D eigenvalue weighted by Gasteiger charge is -2.29. The van der Waals surface area contributed by atoms with Gasteiger partial charge in [-0.2, -0.15) is 0 Å². The predicted octanol–water partition coefficient (Wildman–Crippen LogP) is 2.57. The van der Waals surface area contributed by atoms with Crippen LogP contribution in [-0.2, 0) is 0 Å². The molecule has 0 aliphatic heterocycles. The van der Waals surface area contributed by atoms with Gasteiger partial charge in [-0.15, -0.1) is 0 Å². The molecule has 3 heteroatoms. The van der Waals surface area contributed by atoms with Gasteiger partial charge in [0.25, 0.3) is 0 Å². The van der Waals surface area contributed by atoms with Crippen LogP contribution in [0.2, 0.25) is 0 Å². The Morgan fingerprint density at radius 3 is 2.50 bits per heavy atom. The number of rotatable bonds is 7. The zero-order valence-corrected chi connectivity index (χ0v) is 12.8. The molecular weight excluding hydrogens is 248 g/mol. The highest BCUT2D eigenvalue weighted by Crippen LogP contribution is 2.30. The van der Waals surface area contributed by atoms with Gasteiger partial charge in [-0.1, -0.05) is 43.2 Å². The number of aliphatic hydroxyl groups is 1. The molecule has 1 saturated carbocycles. The molecule has 1 fully saturated rings. The molecule has 0 saturated heterocycles. The van der Waals surface area contributed by atoms with Crippen molar-refractivity contribution in [3.63, 3.8) is 0 Å². The van der Waals surface area contributed by atoms with E-state index in [4.69, 9.17) is 0 Å². The summed E-state index contributed by atoms with van der Waals surface area (Å²) in [6, 6.07) is 11.0. The second-order valence-corrected chi connectivity index (χ2v) is 6.21. The van der Waals surface area contributed by atoms with Crippen LogP contribution in [0.25, 0.3) is 0 Å². The number of likely N-dealkylation sites (N-methyl/N-ethyl adjacent to an activating group) is 1. The maximum Gasteiger partial charge on any atom is 0.0774 e. The quantitative estimate of drug-likeness (QED) is 0.803. The first kappa shape index (κ1) is 15.5. The van der Waals surface area contributed by atoms with Crippen molar-refractivity contribution < 1.29 is 5.11 Å². The lowest BCUT2D eigenvalue weighted by molar-refractivity contribution is 0.0157. The fourth-order valence-corrected chi connectivity index (χ4v) is 3.29. The summed E-state index contributed by atoms with van der Waals surface area (Å²) in [4.78, 5) is 2.28. The minimum absolute atomic E-state index is 0.386. The van der Waals surface area contributed by atoms with E-state index in [1.54, 1.807) is 0 Å². The van der Waals surface area contributed by atoms with E-state index >= 15 is 0 Å². The summed E-state index contributed by atoms with van der Waals surface area (Å²) >= 11 is 0. The van der Waals surface area contributed by atoms with Gasteiger partial charge in [-0.25, -0.2) is 0 Å². The van der Waals surface area contributed by atoms with E-state index in [9.17, 15) is 5.11 Å². The molecule has 1 atom stereocenters. The minimum atomic E-state index is -0.434. The molecule has 2 N–H and O–H groups in total. The van der Waals surface area contributed by atoms with Crippen molar-refractivity contribution in [2.45, 2.75) is 43.7 Å². The smallest absolute Gasteiger partial charge is 0.0774 e. The van der Waals surface area contributed by atoms with Crippen LogP contribution in [0, 0.1) is 0 Å². The average Bonchev–Trinajstić information content (AvgIpc) is 2.87. The highest BCUT2D eigenvalue weighted by Gasteiger charge is 2.32. The molecule has 1 aliphatic carbocycles. The van der Waals surface area contributed by atoms with Crippen molar-refractivity contribution in [2.24, 2.45) is 0 Å². The second-order valence-electron chi connectivity index (χ2n) is 6.21. The van der Waals surface area contributed by atoms with E-state index in [-0.39, 0.29) is 0 Å². The van der Waals surface area contributed by atoms with E-state index < -0.39 is 5.60 Å². The fourth-order valence-electron chi connectivity index (χ4n) is 3.29. The zero-order valence-electron chi connectivity index (χ0n) is 12.8. The molecule has 0 heterocycles. The lowest BCUT2D eigenvalue weighted by Crippen LogP contribution is -2.40. The first-order valence-corrected chi connectivity index (χ1v) is 7.76. The number of nitrogens with one attached hydrogen (secondary N) is 1. The predicted molar refractivity (Wildman–Crippen MR) is 83.8 cm³/mol. The highest BCUT2D eigenvalue weighted by atomic mass is 16.3. The maximum atomic E-state index is 10.4. The molecule has 0 spiro atoms. The summed E-state index contributed by atoms with van der Waals surface area (Å²) in [5.74, 6) is 0. The van der Waals surface area contributed by atoms with Crippen molar-refractivity contribution in [1.82, 2.24) is 10.2 Å². The molecule has 1 unspecified atom stereocenters. The Hall–Kier alpha value is -0.900. The third-order valence-corrected chi connectivity index (χ3v) is 4.45. The Bertz CT molecular complexity index is 387. The number of hydrogen-bond donors (Lipinski definition) is 2. The van der Waals surface area contributed by atoms with Crippen LogP contribution >= 0.6 is 0 Å². The van der Waals surface area contributed by atoms with Gasteiger partial charge < -0.3 is 15.3 Å². The number of benzene rings is 1. The highest BCUT2D eigenvalue weighted by molar-refractivity contribution is 5.18. The topological polar surface area (TPSA) is 35.5 Å². The van der Waals surface area contributed by atoms with Gasteiger partial charge >= 0.3 is 0 Å². The van der Waals surface area contributed by atoms with Crippen molar-refractivity contribution in [3.05, 3.63) is 35.9 Å². The van der Waals surface area contributed by atoms with Gasteiger partial charge in [0.05, 0.1) is 5.60 Å². The molecule has 3 nitrogen and oxygen atoms in total. The average molecular weight is 276 g/mol. The Morgan fingerprint density at radius 2 is 1.90 bits per heavy atom. The summed E-state index contributed by atoms with van der Waals surface area (Å²) in [6.45, 7) is 1.81. The minimum Gasteiger partial charge on any atom is -0.389 e. The molecule has 0 amide bonds. The molecule has 1 aliphatic rings. The van der Waals surface area contributed by atoms with E-state index in [1.165, 1.54) is 18.4 Å². The third kappa shape index (κ3) is 4.30. The molecular formula is C17H28N2O. The zero-order chi connectivity index (χ0) is 14.4. The Labute approximate surface area is 123 Å². The molecule has 20 heavy (non-hydrogen) atoms. The molecule has 0 bridgehead atoms. The van der Waals surface area contributed by atoms with Gasteiger partial charge in [0.2, 0.25) is 0 Å². The maximum absolute atomic E-state index is 10.4. The van der Waals surface area contributed by atoms with Crippen molar-refractivity contribution in [1.29, 1.82) is 0 Å². The standard InChI is InChI=1S/C17H28N2O/c1-18-16(15-8-4-3-5-9-15)10-13-19(2)14-17(20)11-6-7-12-17/h3-5,8-9,16,18,20H,6-7,10-14H2,1-2H3. The molecule has 2 rings (SSSR count). The molecule has 1 aromatic carbocycles. The van der Waals surface area contributed by atoms with E-state index in [2.05, 4.69) is 47.6 Å². The normalized spacial score (nSPS) is 19.4. The molecule has 0 aromatic heterocycles. The first-order valence-electron chi connectivity index (χ1n) is 7.76. The Kier molecular flexibility index (Phi) is 5.58. The largest absolute Gasteiger partial charge is 0.389 e. The van der Waals surface area contributed by atoms with Crippen molar-refractivity contribution in [2.75, 3.05) is 27.2 Å². The Balaban J connectivity index is 1.81. The number of nitrogens with zero attached hydrogens (tertiary/aromatic N) is 1. The van der Waals surface area contributed by atoms with Crippen LogP contribution in [0.3, 0.4) is 0 Å². The van der Waals surface area contributed by atoms with Crippen LogP contribution in [0.1, 0.15) is 43.7 Å². The Morgan fingerprint density at radius 1 is 1.25 bits per heavy atom. The molecule has 1 aromatic rings. The van der Waals surface area contributed by atoms with E-state index in [0.29, 0.717) is 6.04 Å². The van der Waals surface area contributed by atoms with Crippen LogP contribution in [0.4, 0.5) is 0 Å². The van der Waals surface area contributed by atoms with Gasteiger partial charge in [0.15, 0.2) is 0 Å². The second kappa shape index (κ2) is 7.21. The summed E-state index contributed by atoms with van der Waals surface area (Å²) in [7, 11) is 4.14. The first-order chi connectivity index (χ1) is 9.63. The van der Waals surface area contributed by atoms with Crippen LogP contribution in [0.5, 0.6) is 0 Å². The van der Waals surface area contributed by atoms with E-state index in [0.717, 1.165) is 32.4 Å². The van der Waals surface area contributed by atoms with Gasteiger partial charge in [0, 0.05) is 12.6 Å². The summed E-state index contributed by atoms with van der Waals surface area (Å²) in [5.41, 5.74) is 0.902. The van der Waals surface area contributed by atoms with E-state index in [1.807, 2.05) is 7.05 Å². The summed E-state index contributed by atoms with van der Waals surface area (Å²) in [5, 5.41) is 13.8. The number of hydrogen-bond acceptors (Lipinski definition) is 3. The summed E-state index contributed by atoms with van der Waals surface area (Å²) in [6.07, 6.45) is 5.34. The molecule has 0 radical (unpaired) electrons.